The number of amides is 1. The Hall–Kier alpha value is -1.51. The zero-order chi connectivity index (χ0) is 14.5. The van der Waals surface area contributed by atoms with E-state index in [1.54, 1.807) is 0 Å². The van der Waals surface area contributed by atoms with Gasteiger partial charge in [-0.3, -0.25) is 4.79 Å². The lowest BCUT2D eigenvalue weighted by Crippen LogP contribution is -2.44. The maximum atomic E-state index is 12.6. The number of carbonyl (C=O) groups excluding carboxylic acids is 1. The van der Waals surface area contributed by atoms with Crippen LogP contribution in [0.15, 0.2) is 24.3 Å². The number of para-hydroxylation sites is 1. The monoisotopic (exact) mass is 275 g/mol. The molecule has 2 rings (SSSR count). The molecule has 1 aliphatic carbocycles. The lowest BCUT2D eigenvalue weighted by molar-refractivity contribution is -0.139. The van der Waals surface area contributed by atoms with Gasteiger partial charge in [-0.25, -0.2) is 0 Å². The van der Waals surface area contributed by atoms with Gasteiger partial charge in [-0.05, 0) is 37.8 Å². The van der Waals surface area contributed by atoms with Crippen LogP contribution in [-0.4, -0.2) is 30.0 Å². The molecule has 0 bridgehead atoms. The number of carbonyl (C=O) groups is 1. The second-order valence-electron chi connectivity index (χ2n) is 5.67. The summed E-state index contributed by atoms with van der Waals surface area (Å²) in [5, 5.41) is 0. The fraction of sp³-hybridized carbons (Fsp3) is 0.588. The minimum atomic E-state index is -0.373. The highest BCUT2D eigenvalue weighted by molar-refractivity contribution is 5.81. The highest BCUT2D eigenvalue weighted by Crippen LogP contribution is 2.24. The topological polar surface area (TPSA) is 29.5 Å². The van der Waals surface area contributed by atoms with Gasteiger partial charge in [0.15, 0.2) is 6.10 Å². The van der Waals surface area contributed by atoms with Gasteiger partial charge in [-0.1, -0.05) is 38.0 Å². The zero-order valence-electron chi connectivity index (χ0n) is 12.8. The first-order valence-electron chi connectivity index (χ1n) is 7.62. The average molecular weight is 275 g/mol. The summed E-state index contributed by atoms with van der Waals surface area (Å²) in [4.78, 5) is 14.5. The van der Waals surface area contributed by atoms with Crippen molar-refractivity contribution < 1.29 is 9.53 Å². The van der Waals surface area contributed by atoms with Gasteiger partial charge in [0.1, 0.15) is 5.75 Å². The van der Waals surface area contributed by atoms with E-state index in [-0.39, 0.29) is 12.0 Å². The van der Waals surface area contributed by atoms with E-state index >= 15 is 0 Å². The van der Waals surface area contributed by atoms with E-state index in [9.17, 15) is 4.79 Å². The molecule has 3 nitrogen and oxygen atoms in total. The first-order chi connectivity index (χ1) is 9.63. The van der Waals surface area contributed by atoms with E-state index in [0.717, 1.165) is 24.2 Å². The Morgan fingerprint density at radius 1 is 1.35 bits per heavy atom. The van der Waals surface area contributed by atoms with Gasteiger partial charge in [0, 0.05) is 13.1 Å². The van der Waals surface area contributed by atoms with Crippen molar-refractivity contribution in [2.75, 3.05) is 7.05 Å². The van der Waals surface area contributed by atoms with Crippen molar-refractivity contribution >= 4 is 5.91 Å². The lowest BCUT2D eigenvalue weighted by atomic mass is 10.1. The molecule has 0 aliphatic heterocycles. The van der Waals surface area contributed by atoms with Gasteiger partial charge in [-0.2, -0.15) is 0 Å². The average Bonchev–Trinajstić information content (AvgIpc) is 2.99. The highest BCUT2D eigenvalue weighted by Gasteiger charge is 2.29. The summed E-state index contributed by atoms with van der Waals surface area (Å²) in [6, 6.07) is 8.26. The second kappa shape index (κ2) is 6.78. The maximum absolute atomic E-state index is 12.6. The summed E-state index contributed by atoms with van der Waals surface area (Å²) in [5.74, 6) is 0.926. The number of hydrogen-bond donors (Lipinski definition) is 0. The normalized spacial score (nSPS) is 16.9. The molecule has 0 aromatic heterocycles. The number of benzene rings is 1. The number of rotatable bonds is 5. The molecule has 3 heteroatoms. The molecule has 1 aromatic rings. The van der Waals surface area contributed by atoms with Crippen LogP contribution in [-0.2, 0) is 4.79 Å². The number of ether oxygens (including phenoxy) is 1. The molecule has 1 aliphatic rings. The predicted octanol–water partition coefficient (Wildman–Crippen LogP) is 3.55. The van der Waals surface area contributed by atoms with E-state index in [4.69, 9.17) is 4.74 Å². The van der Waals surface area contributed by atoms with Gasteiger partial charge in [-0.15, -0.1) is 0 Å². The molecule has 0 spiro atoms. The molecular weight excluding hydrogens is 250 g/mol. The summed E-state index contributed by atoms with van der Waals surface area (Å²) in [6.45, 7) is 4.01. The van der Waals surface area contributed by atoms with Gasteiger partial charge in [0.05, 0.1) is 0 Å². The molecule has 0 radical (unpaired) electrons. The third kappa shape index (κ3) is 3.33. The Labute approximate surface area is 121 Å². The third-order valence-electron chi connectivity index (χ3n) is 4.23. The Bertz CT molecular complexity index is 452. The lowest BCUT2D eigenvalue weighted by Gasteiger charge is -2.28. The second-order valence-corrected chi connectivity index (χ2v) is 5.67. The standard InChI is InChI=1S/C17H25NO2/c1-4-15(20-16-12-8-5-9-13(16)2)17(19)18(3)14-10-6-7-11-14/h5,8-9,12,14-15H,4,6-7,10-11H2,1-3H3/t15-/m1/s1. The molecule has 110 valence electrons. The minimum absolute atomic E-state index is 0.114. The van der Waals surface area contributed by atoms with E-state index in [2.05, 4.69) is 0 Å². The van der Waals surface area contributed by atoms with Gasteiger partial charge in [0.2, 0.25) is 0 Å². The van der Waals surface area contributed by atoms with Crippen molar-refractivity contribution in [3.63, 3.8) is 0 Å². The van der Waals surface area contributed by atoms with E-state index in [0.29, 0.717) is 12.5 Å². The van der Waals surface area contributed by atoms with Crippen molar-refractivity contribution in [2.45, 2.75) is 58.1 Å². The highest BCUT2D eigenvalue weighted by atomic mass is 16.5. The molecule has 0 saturated heterocycles. The van der Waals surface area contributed by atoms with Crippen LogP contribution in [0.25, 0.3) is 0 Å². The summed E-state index contributed by atoms with van der Waals surface area (Å²) in [6.07, 6.45) is 5.05. The molecule has 20 heavy (non-hydrogen) atoms. The zero-order valence-corrected chi connectivity index (χ0v) is 12.8. The van der Waals surface area contributed by atoms with E-state index in [1.165, 1.54) is 12.8 Å². The van der Waals surface area contributed by atoms with E-state index < -0.39 is 0 Å². The number of aryl methyl sites for hydroxylation is 1. The predicted molar refractivity (Wildman–Crippen MR) is 80.9 cm³/mol. The number of hydrogen-bond acceptors (Lipinski definition) is 2. The molecular formula is C17H25NO2. The molecule has 1 fully saturated rings. The SMILES string of the molecule is CC[C@@H](Oc1ccccc1C)C(=O)N(C)C1CCCC1. The molecule has 1 saturated carbocycles. The molecule has 0 N–H and O–H groups in total. The van der Waals surface area contributed by atoms with Crippen molar-refractivity contribution in [3.8, 4) is 5.75 Å². The van der Waals surface area contributed by atoms with Gasteiger partial charge >= 0.3 is 0 Å². The van der Waals surface area contributed by atoms with Crippen molar-refractivity contribution in [2.24, 2.45) is 0 Å². The number of likely N-dealkylation sites (N-methyl/N-ethyl adjacent to an activating group) is 1. The Morgan fingerprint density at radius 3 is 2.60 bits per heavy atom. The molecule has 0 heterocycles. The first-order valence-corrected chi connectivity index (χ1v) is 7.62. The summed E-state index contributed by atoms with van der Waals surface area (Å²) >= 11 is 0. The fourth-order valence-corrected chi connectivity index (χ4v) is 2.85. The fourth-order valence-electron chi connectivity index (χ4n) is 2.85. The Morgan fingerprint density at radius 2 is 2.00 bits per heavy atom. The smallest absolute Gasteiger partial charge is 0.263 e. The Kier molecular flexibility index (Phi) is 5.05. The minimum Gasteiger partial charge on any atom is -0.480 e. The van der Waals surface area contributed by atoms with Crippen LogP contribution >= 0.6 is 0 Å². The van der Waals surface area contributed by atoms with Crippen LogP contribution < -0.4 is 4.74 Å². The van der Waals surface area contributed by atoms with Crippen LogP contribution in [0.1, 0.15) is 44.6 Å². The van der Waals surface area contributed by atoms with Crippen molar-refractivity contribution in [1.82, 2.24) is 4.90 Å². The van der Waals surface area contributed by atoms with E-state index in [1.807, 2.05) is 50.1 Å². The molecule has 0 unspecified atom stereocenters. The van der Waals surface area contributed by atoms with Crippen molar-refractivity contribution in [3.05, 3.63) is 29.8 Å². The summed E-state index contributed by atoms with van der Waals surface area (Å²) < 4.78 is 5.95. The Balaban J connectivity index is 2.03. The maximum Gasteiger partial charge on any atom is 0.263 e. The van der Waals surface area contributed by atoms with Crippen LogP contribution in [0.3, 0.4) is 0 Å². The van der Waals surface area contributed by atoms with Gasteiger partial charge in [0.25, 0.3) is 5.91 Å². The molecule has 1 aromatic carbocycles. The number of nitrogens with zero attached hydrogens (tertiary/aromatic N) is 1. The van der Waals surface area contributed by atoms with Crippen LogP contribution in [0, 0.1) is 6.92 Å². The molecule has 1 atom stereocenters. The van der Waals surface area contributed by atoms with Crippen LogP contribution in [0.5, 0.6) is 5.75 Å². The molecule has 1 amide bonds. The van der Waals surface area contributed by atoms with Crippen LogP contribution in [0.4, 0.5) is 0 Å². The van der Waals surface area contributed by atoms with Crippen LogP contribution in [0.2, 0.25) is 0 Å². The quantitative estimate of drug-likeness (QED) is 0.822. The van der Waals surface area contributed by atoms with Crippen molar-refractivity contribution in [1.29, 1.82) is 0 Å². The summed E-state index contributed by atoms with van der Waals surface area (Å²) in [5.41, 5.74) is 1.07. The largest absolute Gasteiger partial charge is 0.480 e. The third-order valence-corrected chi connectivity index (χ3v) is 4.23. The first kappa shape index (κ1) is 14.9. The van der Waals surface area contributed by atoms with Gasteiger partial charge < -0.3 is 9.64 Å². The summed E-state index contributed by atoms with van der Waals surface area (Å²) in [7, 11) is 1.92.